The van der Waals surface area contributed by atoms with Gasteiger partial charge in [0.2, 0.25) is 0 Å². The van der Waals surface area contributed by atoms with Gasteiger partial charge in [-0.2, -0.15) is 0 Å². The minimum absolute atomic E-state index is 0.960. The second-order valence-corrected chi connectivity index (χ2v) is 5.88. The largest absolute Gasteiger partial charge is 0.373 e. The lowest BCUT2D eigenvalue weighted by atomic mass is 10.1. The van der Waals surface area contributed by atoms with E-state index in [2.05, 4.69) is 54.2 Å². The standard InChI is InChI=1S/C17H29N3/c1-4-18-14-16-13-15(2)7-8-17(16)19(3)11-12-20-9-5-6-10-20/h7-8,13,18H,4-6,9-12,14H2,1-3H3. The van der Waals surface area contributed by atoms with Gasteiger partial charge in [-0.15, -0.1) is 0 Å². The van der Waals surface area contributed by atoms with Crippen molar-refractivity contribution in [1.82, 2.24) is 10.2 Å². The molecule has 0 spiro atoms. The number of nitrogens with zero attached hydrogens (tertiary/aromatic N) is 2. The number of likely N-dealkylation sites (N-methyl/N-ethyl adjacent to an activating group) is 1. The molecule has 1 aliphatic rings. The quantitative estimate of drug-likeness (QED) is 0.825. The Morgan fingerprint density at radius 1 is 1.25 bits per heavy atom. The van der Waals surface area contributed by atoms with Gasteiger partial charge < -0.3 is 15.1 Å². The molecule has 0 saturated carbocycles. The molecule has 1 fully saturated rings. The van der Waals surface area contributed by atoms with Crippen molar-refractivity contribution in [3.05, 3.63) is 29.3 Å². The molecule has 0 radical (unpaired) electrons. The van der Waals surface area contributed by atoms with Crippen LogP contribution in [0.5, 0.6) is 0 Å². The highest BCUT2D eigenvalue weighted by atomic mass is 15.2. The topological polar surface area (TPSA) is 18.5 Å². The third-order valence-corrected chi connectivity index (χ3v) is 4.16. The highest BCUT2D eigenvalue weighted by molar-refractivity contribution is 5.54. The van der Waals surface area contributed by atoms with Crippen molar-refractivity contribution in [3.8, 4) is 0 Å². The summed E-state index contributed by atoms with van der Waals surface area (Å²) in [7, 11) is 2.22. The highest BCUT2D eigenvalue weighted by Crippen LogP contribution is 2.21. The van der Waals surface area contributed by atoms with Crippen LogP contribution in [-0.4, -0.2) is 44.7 Å². The minimum atomic E-state index is 0.960. The van der Waals surface area contributed by atoms with Gasteiger partial charge in [-0.25, -0.2) is 0 Å². The third kappa shape index (κ3) is 4.22. The van der Waals surface area contributed by atoms with Gasteiger partial charge in [-0.1, -0.05) is 24.6 Å². The lowest BCUT2D eigenvalue weighted by molar-refractivity contribution is 0.346. The summed E-state index contributed by atoms with van der Waals surface area (Å²) in [5, 5.41) is 3.45. The van der Waals surface area contributed by atoms with E-state index in [0.29, 0.717) is 0 Å². The van der Waals surface area contributed by atoms with Crippen LogP contribution in [0.15, 0.2) is 18.2 Å². The first-order valence-electron chi connectivity index (χ1n) is 7.94. The molecule has 20 heavy (non-hydrogen) atoms. The van der Waals surface area contributed by atoms with E-state index < -0.39 is 0 Å². The fourth-order valence-electron chi connectivity index (χ4n) is 2.91. The Hall–Kier alpha value is -1.06. The maximum Gasteiger partial charge on any atom is 0.0409 e. The van der Waals surface area contributed by atoms with Gasteiger partial charge in [-0.05, 0) is 51.0 Å². The van der Waals surface area contributed by atoms with Crippen LogP contribution in [0.2, 0.25) is 0 Å². The molecular formula is C17H29N3. The predicted molar refractivity (Wildman–Crippen MR) is 87.5 cm³/mol. The van der Waals surface area contributed by atoms with Crippen LogP contribution in [0.25, 0.3) is 0 Å². The SMILES string of the molecule is CCNCc1cc(C)ccc1N(C)CCN1CCCC1. The van der Waals surface area contributed by atoms with Gasteiger partial charge in [0, 0.05) is 32.4 Å². The number of likely N-dealkylation sites (tertiary alicyclic amines) is 1. The van der Waals surface area contributed by atoms with Gasteiger partial charge in [0.1, 0.15) is 0 Å². The van der Waals surface area contributed by atoms with Gasteiger partial charge in [-0.3, -0.25) is 0 Å². The first-order chi connectivity index (χ1) is 9.70. The lowest BCUT2D eigenvalue weighted by Gasteiger charge is -2.25. The fraction of sp³-hybridized carbons (Fsp3) is 0.647. The maximum absolute atomic E-state index is 3.45. The molecule has 0 aromatic heterocycles. The molecule has 1 aromatic rings. The van der Waals surface area contributed by atoms with Crippen molar-refractivity contribution in [2.75, 3.05) is 44.7 Å². The van der Waals surface area contributed by atoms with Gasteiger partial charge in [0.15, 0.2) is 0 Å². The number of hydrogen-bond donors (Lipinski definition) is 1. The van der Waals surface area contributed by atoms with Crippen LogP contribution in [0.1, 0.15) is 30.9 Å². The molecule has 0 bridgehead atoms. The van der Waals surface area contributed by atoms with E-state index in [9.17, 15) is 0 Å². The van der Waals surface area contributed by atoms with Gasteiger partial charge >= 0.3 is 0 Å². The van der Waals surface area contributed by atoms with Crippen molar-refractivity contribution < 1.29 is 0 Å². The number of benzene rings is 1. The summed E-state index contributed by atoms with van der Waals surface area (Å²) >= 11 is 0. The zero-order chi connectivity index (χ0) is 14.4. The average molecular weight is 275 g/mol. The van der Waals surface area contributed by atoms with Crippen LogP contribution in [0, 0.1) is 6.92 Å². The fourth-order valence-corrected chi connectivity index (χ4v) is 2.91. The van der Waals surface area contributed by atoms with Gasteiger partial charge in [0.25, 0.3) is 0 Å². The Labute approximate surface area is 124 Å². The van der Waals surface area contributed by atoms with Crippen LogP contribution in [0.3, 0.4) is 0 Å². The van der Waals surface area contributed by atoms with Crippen molar-refractivity contribution >= 4 is 5.69 Å². The molecule has 1 heterocycles. The monoisotopic (exact) mass is 275 g/mol. The first kappa shape index (κ1) is 15.3. The molecular weight excluding hydrogens is 246 g/mol. The number of rotatable bonds is 7. The minimum Gasteiger partial charge on any atom is -0.373 e. The van der Waals surface area contributed by atoms with E-state index in [1.807, 2.05) is 0 Å². The molecule has 1 saturated heterocycles. The molecule has 0 atom stereocenters. The van der Waals surface area contributed by atoms with Crippen LogP contribution >= 0.6 is 0 Å². The lowest BCUT2D eigenvalue weighted by Crippen LogP contribution is -2.32. The molecule has 112 valence electrons. The van der Waals surface area contributed by atoms with E-state index in [0.717, 1.165) is 19.6 Å². The van der Waals surface area contributed by atoms with E-state index in [4.69, 9.17) is 0 Å². The highest BCUT2D eigenvalue weighted by Gasteiger charge is 2.13. The summed E-state index contributed by atoms with van der Waals surface area (Å²) in [5.74, 6) is 0. The summed E-state index contributed by atoms with van der Waals surface area (Å²) in [6, 6.07) is 6.80. The number of hydrogen-bond acceptors (Lipinski definition) is 3. The number of aryl methyl sites for hydroxylation is 1. The molecule has 3 heteroatoms. The molecule has 0 unspecified atom stereocenters. The number of nitrogens with one attached hydrogen (secondary N) is 1. The van der Waals surface area contributed by atoms with Crippen LogP contribution in [0.4, 0.5) is 5.69 Å². The normalized spacial score (nSPS) is 15.8. The Kier molecular flexibility index (Phi) is 5.86. The summed E-state index contributed by atoms with van der Waals surface area (Å²) < 4.78 is 0. The van der Waals surface area contributed by atoms with Crippen molar-refractivity contribution in [2.45, 2.75) is 33.2 Å². The van der Waals surface area contributed by atoms with E-state index in [1.54, 1.807) is 0 Å². The molecule has 1 aromatic carbocycles. The van der Waals surface area contributed by atoms with Gasteiger partial charge in [0.05, 0.1) is 0 Å². The summed E-state index contributed by atoms with van der Waals surface area (Å²) in [4.78, 5) is 4.99. The molecule has 1 aliphatic heterocycles. The van der Waals surface area contributed by atoms with E-state index in [-0.39, 0.29) is 0 Å². The van der Waals surface area contributed by atoms with Crippen molar-refractivity contribution in [2.24, 2.45) is 0 Å². The Balaban J connectivity index is 1.97. The summed E-state index contributed by atoms with van der Waals surface area (Å²) in [6.45, 7) is 11.2. The average Bonchev–Trinajstić information content (AvgIpc) is 2.96. The smallest absolute Gasteiger partial charge is 0.0409 e. The molecule has 0 aliphatic carbocycles. The summed E-state index contributed by atoms with van der Waals surface area (Å²) in [5.41, 5.74) is 4.13. The van der Waals surface area contributed by atoms with Crippen molar-refractivity contribution in [1.29, 1.82) is 0 Å². The second-order valence-electron chi connectivity index (χ2n) is 5.88. The Morgan fingerprint density at radius 3 is 2.70 bits per heavy atom. The predicted octanol–water partition coefficient (Wildman–Crippen LogP) is 2.64. The third-order valence-electron chi connectivity index (χ3n) is 4.16. The van der Waals surface area contributed by atoms with Crippen molar-refractivity contribution in [3.63, 3.8) is 0 Å². The van der Waals surface area contributed by atoms with Crippen LogP contribution in [-0.2, 0) is 6.54 Å². The number of anilines is 1. The summed E-state index contributed by atoms with van der Waals surface area (Å²) in [6.07, 6.45) is 2.75. The Bertz CT molecular complexity index is 411. The zero-order valence-electron chi connectivity index (χ0n) is 13.3. The second kappa shape index (κ2) is 7.65. The Morgan fingerprint density at radius 2 is 2.00 bits per heavy atom. The maximum atomic E-state index is 3.45. The molecule has 1 N–H and O–H groups in total. The van der Waals surface area contributed by atoms with E-state index >= 15 is 0 Å². The molecule has 0 amide bonds. The van der Waals surface area contributed by atoms with Crippen LogP contribution < -0.4 is 10.2 Å². The first-order valence-corrected chi connectivity index (χ1v) is 7.94. The van der Waals surface area contributed by atoms with E-state index in [1.165, 1.54) is 49.3 Å². The molecule has 2 rings (SSSR count). The molecule has 3 nitrogen and oxygen atoms in total. The zero-order valence-corrected chi connectivity index (χ0v) is 13.3.